The van der Waals surface area contributed by atoms with Crippen molar-refractivity contribution in [2.75, 3.05) is 52.5 Å². The molecule has 1 aliphatic rings. The van der Waals surface area contributed by atoms with Crippen molar-refractivity contribution >= 4 is 90.2 Å². The molecule has 302 valence electrons. The molecule has 0 bridgehead atoms. The average Bonchev–Trinajstić information content (AvgIpc) is 3.09. The van der Waals surface area contributed by atoms with Crippen LogP contribution in [0.2, 0.25) is 25.1 Å². The average molecular weight is 893 g/mol. The van der Waals surface area contributed by atoms with Crippen molar-refractivity contribution in [1.29, 1.82) is 0 Å². The number of hydrogen-bond donors (Lipinski definition) is 2. The van der Waals surface area contributed by atoms with Crippen LogP contribution in [0.5, 0.6) is 11.8 Å². The largest absolute Gasteiger partial charge is 0.481 e. The minimum Gasteiger partial charge on any atom is -0.481 e. The number of rotatable bonds is 10. The number of benzene rings is 2. The molecule has 0 saturated carbocycles. The molecule has 2 N–H and O–H groups in total. The van der Waals surface area contributed by atoms with Gasteiger partial charge in [-0.3, -0.25) is 5.32 Å². The number of aromatic nitrogens is 2. The molecule has 4 rings (SSSR count). The van der Waals surface area contributed by atoms with Crippen molar-refractivity contribution < 1.29 is 31.1 Å². The lowest BCUT2D eigenvalue weighted by Gasteiger charge is -2.29. The van der Waals surface area contributed by atoms with Crippen molar-refractivity contribution in [2.45, 2.75) is 58.8 Å². The van der Waals surface area contributed by atoms with E-state index in [0.29, 0.717) is 16.3 Å². The first-order valence-corrected chi connectivity index (χ1v) is 21.7. The van der Waals surface area contributed by atoms with Crippen LogP contribution >= 0.6 is 58.0 Å². The van der Waals surface area contributed by atoms with E-state index >= 15 is 0 Å². The van der Waals surface area contributed by atoms with Gasteiger partial charge >= 0.3 is 16.2 Å². The number of methoxy groups -OCH3 is 2. The number of sulfonamides is 1. The maximum absolute atomic E-state index is 11.7. The lowest BCUT2D eigenvalue weighted by molar-refractivity contribution is 0.200. The van der Waals surface area contributed by atoms with Gasteiger partial charge in [0.15, 0.2) is 0 Å². The number of urea groups is 1. The Morgan fingerprint density at radius 1 is 0.870 bits per heavy atom. The van der Waals surface area contributed by atoms with E-state index in [-0.39, 0.29) is 41.9 Å². The van der Waals surface area contributed by atoms with Gasteiger partial charge in [-0.15, -0.1) is 0 Å². The summed E-state index contributed by atoms with van der Waals surface area (Å²) in [5.41, 5.74) is 3.19. The number of anilines is 1. The number of nitrogens with one attached hydrogen (secondary N) is 2. The van der Waals surface area contributed by atoms with Crippen molar-refractivity contribution in [2.24, 2.45) is 5.92 Å². The summed E-state index contributed by atoms with van der Waals surface area (Å²) in [4.78, 5) is 21.8. The van der Waals surface area contributed by atoms with Gasteiger partial charge in [0.25, 0.3) is 0 Å². The Bertz CT molecular complexity index is 1880. The molecule has 54 heavy (non-hydrogen) atoms. The summed E-state index contributed by atoms with van der Waals surface area (Å²) in [7, 11) is -5.27. The van der Waals surface area contributed by atoms with Gasteiger partial charge in [0.05, 0.1) is 51.7 Å². The number of carbonyl (C=O) groups excluding carboxylic acids is 1. The Kier molecular flexibility index (Phi) is 18.8. The molecule has 1 aromatic heterocycles. The lowest BCUT2D eigenvalue weighted by Crippen LogP contribution is -2.45. The summed E-state index contributed by atoms with van der Waals surface area (Å²) in [6.45, 7) is 13.1. The maximum Gasteiger partial charge on any atom is 0.336 e. The zero-order valence-electron chi connectivity index (χ0n) is 31.3. The van der Waals surface area contributed by atoms with Gasteiger partial charge in [-0.25, -0.2) is 17.9 Å². The molecule has 1 aliphatic heterocycles. The number of carbonyl (C=O) groups is 1. The number of ether oxygens (including phenoxy) is 2. The molecule has 2 amide bonds. The van der Waals surface area contributed by atoms with Crippen molar-refractivity contribution in [3.8, 4) is 11.8 Å². The van der Waals surface area contributed by atoms with Crippen LogP contribution in [0.4, 0.5) is 10.7 Å². The highest BCUT2D eigenvalue weighted by molar-refractivity contribution is 8.03. The smallest absolute Gasteiger partial charge is 0.336 e. The van der Waals surface area contributed by atoms with Crippen molar-refractivity contribution in [1.82, 2.24) is 23.3 Å². The molecule has 1 atom stereocenters. The second-order valence-electron chi connectivity index (χ2n) is 13.4. The Labute approximate surface area is 344 Å². The van der Waals surface area contributed by atoms with Crippen LogP contribution in [0.15, 0.2) is 36.4 Å². The van der Waals surface area contributed by atoms with Crippen molar-refractivity contribution in [3.05, 3.63) is 72.6 Å². The minimum absolute atomic E-state index is 0.00654. The van der Waals surface area contributed by atoms with Crippen LogP contribution in [0, 0.1) is 5.92 Å². The van der Waals surface area contributed by atoms with Gasteiger partial charge < -0.3 is 14.4 Å². The van der Waals surface area contributed by atoms with Crippen LogP contribution in [0.25, 0.3) is 0 Å². The SMILES string of the molecule is CC(Cc1ccc(C(C)(C)C)cc1)CN1CCCCC1.COc1cc(OC)nc(NC(=O)NS(=O)(=O)N(C)S(C)(=O)=O)n1.Clc1cc(Cl)c(Cl)c(Cl)c1Cl. The third-order valence-corrected chi connectivity index (χ3v) is 13.4. The third kappa shape index (κ3) is 15.7. The second-order valence-corrected chi connectivity index (χ2v) is 19.3. The molecule has 2 aromatic carbocycles. The summed E-state index contributed by atoms with van der Waals surface area (Å²) in [6, 6.07) is 10.8. The zero-order valence-corrected chi connectivity index (χ0v) is 36.8. The number of amides is 2. The van der Waals surface area contributed by atoms with E-state index in [1.807, 2.05) is 5.32 Å². The van der Waals surface area contributed by atoms with Gasteiger partial charge in [-0.05, 0) is 60.9 Å². The summed E-state index contributed by atoms with van der Waals surface area (Å²) in [5.74, 6) is 0.566. The quantitative estimate of drug-likeness (QED) is 0.150. The molecule has 0 aliphatic carbocycles. The molecular formula is C34H47Cl5N6O7S2. The molecule has 1 fully saturated rings. The van der Waals surface area contributed by atoms with Gasteiger partial charge in [-0.1, -0.05) is 120 Å². The summed E-state index contributed by atoms with van der Waals surface area (Å²) < 4.78 is 57.0. The lowest BCUT2D eigenvalue weighted by atomic mass is 9.86. The molecule has 13 nitrogen and oxygen atoms in total. The van der Waals surface area contributed by atoms with E-state index in [4.69, 9.17) is 67.5 Å². The van der Waals surface area contributed by atoms with Crippen molar-refractivity contribution in [3.63, 3.8) is 0 Å². The number of piperidine rings is 1. The number of nitrogens with zero attached hydrogens (tertiary/aromatic N) is 4. The standard InChI is InChI=1S/C19H31N.C9H15N5O7S2.C6HCl5/c1-16(15-20-12-6-5-7-13-20)14-17-8-10-18(11-9-17)19(2,3)4;1-14(22(4,16)17)23(18,19)13-9(15)12-8-10-6(20-2)5-7(11-8)21-3;7-2-1-3(8)5(10)6(11)4(2)9/h8-11,16H,5-7,12-15H2,1-4H3;5H,1-4H3,(H2,10,11,12,13,15);1H. The predicted molar refractivity (Wildman–Crippen MR) is 219 cm³/mol. The van der Waals surface area contributed by atoms with Crippen LogP contribution in [-0.2, 0) is 32.1 Å². The van der Waals surface area contributed by atoms with Gasteiger partial charge in [0, 0.05) is 13.6 Å². The van der Waals surface area contributed by atoms with Crippen LogP contribution in [0.1, 0.15) is 58.1 Å². The zero-order chi connectivity index (χ0) is 41.0. The van der Waals surface area contributed by atoms with E-state index in [9.17, 15) is 21.6 Å². The van der Waals surface area contributed by atoms with E-state index in [0.717, 1.165) is 13.0 Å². The Balaban J connectivity index is 0.000000296. The second kappa shape index (κ2) is 21.3. The summed E-state index contributed by atoms with van der Waals surface area (Å²) >= 11 is 28.2. The van der Waals surface area contributed by atoms with Gasteiger partial charge in [-0.2, -0.15) is 18.4 Å². The van der Waals surface area contributed by atoms with E-state index in [1.165, 1.54) is 87.5 Å². The minimum atomic E-state index is -4.60. The fourth-order valence-corrected chi connectivity index (χ4v) is 7.95. The van der Waals surface area contributed by atoms with Crippen LogP contribution < -0.4 is 19.5 Å². The third-order valence-electron chi connectivity index (χ3n) is 7.83. The normalized spacial score (nSPS) is 14.2. The van der Waals surface area contributed by atoms with Crippen LogP contribution in [-0.4, -0.2) is 88.6 Å². The fourth-order valence-electron chi connectivity index (χ4n) is 4.89. The number of hydrogen-bond acceptors (Lipinski definition) is 10. The maximum atomic E-state index is 11.7. The Morgan fingerprint density at radius 3 is 1.81 bits per heavy atom. The molecule has 0 radical (unpaired) electrons. The molecule has 1 saturated heterocycles. The highest BCUT2D eigenvalue weighted by atomic mass is 35.5. The van der Waals surface area contributed by atoms with Gasteiger partial charge in [0.2, 0.25) is 27.7 Å². The predicted octanol–water partition coefficient (Wildman–Crippen LogP) is 8.35. The topological polar surface area (TPSA) is 160 Å². The first kappa shape index (κ1) is 47.8. The highest BCUT2D eigenvalue weighted by Gasteiger charge is 2.28. The molecule has 3 aromatic rings. The van der Waals surface area contributed by atoms with Gasteiger partial charge in [0.1, 0.15) is 0 Å². The first-order chi connectivity index (χ1) is 25.0. The summed E-state index contributed by atoms with van der Waals surface area (Å²) in [5, 5.41) is 3.25. The molecule has 0 spiro atoms. The molecule has 1 unspecified atom stereocenters. The summed E-state index contributed by atoms with van der Waals surface area (Å²) in [6.07, 6.45) is 6.10. The first-order valence-electron chi connectivity index (χ1n) is 16.5. The molecule has 20 heteroatoms. The van der Waals surface area contributed by atoms with E-state index < -0.39 is 26.3 Å². The van der Waals surface area contributed by atoms with Crippen LogP contribution in [0.3, 0.4) is 0 Å². The number of halogens is 5. The van der Waals surface area contributed by atoms with E-state index in [1.54, 1.807) is 0 Å². The highest BCUT2D eigenvalue weighted by Crippen LogP contribution is 2.40. The molecule has 2 heterocycles. The Morgan fingerprint density at radius 2 is 1.37 bits per heavy atom. The van der Waals surface area contributed by atoms with E-state index in [2.05, 4.69) is 66.8 Å². The number of likely N-dealkylation sites (tertiary alicyclic amines) is 1. The monoisotopic (exact) mass is 890 g/mol. The Hall–Kier alpha value is -2.34. The fraction of sp³-hybridized carbons (Fsp3) is 0.500. The molecular weight excluding hydrogens is 846 g/mol.